The van der Waals surface area contributed by atoms with E-state index in [0.717, 1.165) is 29.2 Å². The third kappa shape index (κ3) is 3.68. The minimum absolute atomic E-state index is 0.313. The first-order valence-corrected chi connectivity index (χ1v) is 7.76. The van der Waals surface area contributed by atoms with Gasteiger partial charge in [-0.15, -0.1) is 0 Å². The van der Waals surface area contributed by atoms with Gasteiger partial charge < -0.3 is 5.32 Å². The maximum atomic E-state index is 13.5. The number of halogens is 3. The van der Waals surface area contributed by atoms with Crippen molar-refractivity contribution in [2.45, 2.75) is 32.9 Å². The van der Waals surface area contributed by atoms with Crippen molar-refractivity contribution in [2.24, 2.45) is 0 Å². The molecule has 0 bridgehead atoms. The van der Waals surface area contributed by atoms with Gasteiger partial charge in [-0.05, 0) is 53.5 Å². The zero-order valence-electron chi connectivity index (χ0n) is 12.0. The van der Waals surface area contributed by atoms with Crippen LogP contribution in [0.4, 0.5) is 8.78 Å². The normalized spacial score (nSPS) is 12.6. The summed E-state index contributed by atoms with van der Waals surface area (Å²) in [6.45, 7) is 5.45. The van der Waals surface area contributed by atoms with E-state index in [4.69, 9.17) is 0 Å². The smallest absolute Gasteiger partial charge is 0.126 e. The van der Waals surface area contributed by atoms with Crippen LogP contribution in [-0.2, 0) is 6.54 Å². The highest BCUT2D eigenvalue weighted by atomic mass is 79.9. The fourth-order valence-corrected chi connectivity index (χ4v) is 2.84. The van der Waals surface area contributed by atoms with E-state index in [-0.39, 0.29) is 6.04 Å². The Bertz CT molecular complexity index is 593. The second-order valence-corrected chi connectivity index (χ2v) is 5.64. The number of benzene rings is 1. The van der Waals surface area contributed by atoms with E-state index in [1.54, 1.807) is 6.20 Å². The number of nitrogens with zero attached hydrogens (tertiary/aromatic N) is 2. The second kappa shape index (κ2) is 7.13. The number of hydrogen-bond donors (Lipinski definition) is 1. The summed E-state index contributed by atoms with van der Waals surface area (Å²) in [5.74, 6) is -1.15. The summed E-state index contributed by atoms with van der Waals surface area (Å²) in [4.78, 5) is 0. The van der Waals surface area contributed by atoms with E-state index in [0.29, 0.717) is 12.1 Å². The van der Waals surface area contributed by atoms with Gasteiger partial charge in [0, 0.05) is 12.6 Å². The van der Waals surface area contributed by atoms with Crippen LogP contribution in [0.25, 0.3) is 0 Å². The van der Waals surface area contributed by atoms with Gasteiger partial charge in [-0.25, -0.2) is 8.78 Å². The van der Waals surface area contributed by atoms with E-state index < -0.39 is 11.6 Å². The predicted octanol–water partition coefficient (Wildman–Crippen LogP) is 4.03. The lowest BCUT2D eigenvalue weighted by molar-refractivity contribution is 0.518. The molecule has 1 N–H and O–H groups in total. The molecule has 0 saturated heterocycles. The first-order chi connectivity index (χ1) is 10.1. The van der Waals surface area contributed by atoms with Gasteiger partial charge in [-0.1, -0.05) is 6.92 Å². The van der Waals surface area contributed by atoms with Crippen LogP contribution in [0, 0.1) is 11.6 Å². The number of aromatic nitrogens is 2. The minimum atomic E-state index is -0.577. The molecular formula is C15H18BrF2N3. The average molecular weight is 358 g/mol. The molecule has 6 heteroatoms. The van der Waals surface area contributed by atoms with Gasteiger partial charge in [0.05, 0.1) is 22.4 Å². The molecule has 1 aromatic heterocycles. The summed E-state index contributed by atoms with van der Waals surface area (Å²) >= 11 is 3.47. The molecule has 1 aromatic carbocycles. The van der Waals surface area contributed by atoms with Crippen LogP contribution in [0.5, 0.6) is 0 Å². The van der Waals surface area contributed by atoms with Gasteiger partial charge in [0.15, 0.2) is 0 Å². The third-order valence-corrected chi connectivity index (χ3v) is 3.83. The Hall–Kier alpha value is -1.27. The topological polar surface area (TPSA) is 29.9 Å². The third-order valence-electron chi connectivity index (χ3n) is 3.22. The molecule has 0 radical (unpaired) electrons. The highest BCUT2D eigenvalue weighted by Gasteiger charge is 2.22. The molecule has 0 spiro atoms. The van der Waals surface area contributed by atoms with E-state index >= 15 is 0 Å². The Balaban J connectivity index is 2.49. The van der Waals surface area contributed by atoms with Crippen molar-refractivity contribution in [1.82, 2.24) is 15.1 Å². The summed E-state index contributed by atoms with van der Waals surface area (Å²) in [5.41, 5.74) is 1.42. The fourth-order valence-electron chi connectivity index (χ4n) is 2.31. The van der Waals surface area contributed by atoms with Crippen molar-refractivity contribution >= 4 is 15.9 Å². The molecule has 2 rings (SSSR count). The van der Waals surface area contributed by atoms with Crippen molar-refractivity contribution in [3.63, 3.8) is 0 Å². The Morgan fingerprint density at radius 1 is 1.24 bits per heavy atom. The van der Waals surface area contributed by atoms with Gasteiger partial charge in [0.1, 0.15) is 11.6 Å². The second-order valence-electron chi connectivity index (χ2n) is 4.78. The molecule has 1 unspecified atom stereocenters. The summed E-state index contributed by atoms with van der Waals surface area (Å²) < 4.78 is 29.7. The van der Waals surface area contributed by atoms with Crippen molar-refractivity contribution < 1.29 is 8.78 Å². The predicted molar refractivity (Wildman–Crippen MR) is 82.1 cm³/mol. The van der Waals surface area contributed by atoms with E-state index in [9.17, 15) is 8.78 Å². The standard InChI is InChI=1S/C15H18BrF2N3/c1-3-5-19-14(10-6-11(17)8-12(18)7-10)15-13(16)9-20-21(15)4-2/h6-9,14,19H,3-5H2,1-2H3. The molecule has 0 aliphatic carbocycles. The number of nitrogens with one attached hydrogen (secondary N) is 1. The monoisotopic (exact) mass is 357 g/mol. The van der Waals surface area contributed by atoms with E-state index in [2.05, 4.69) is 26.3 Å². The van der Waals surface area contributed by atoms with Crippen molar-refractivity contribution in [1.29, 1.82) is 0 Å². The molecule has 0 amide bonds. The minimum Gasteiger partial charge on any atom is -0.305 e. The number of rotatable bonds is 6. The summed E-state index contributed by atoms with van der Waals surface area (Å²) in [6.07, 6.45) is 2.63. The molecule has 1 atom stereocenters. The quantitative estimate of drug-likeness (QED) is 0.845. The molecular weight excluding hydrogens is 340 g/mol. The van der Waals surface area contributed by atoms with E-state index in [1.807, 2.05) is 18.5 Å². The van der Waals surface area contributed by atoms with Crippen molar-refractivity contribution in [3.8, 4) is 0 Å². The van der Waals surface area contributed by atoms with Gasteiger partial charge in [0.2, 0.25) is 0 Å². The summed E-state index contributed by atoms with van der Waals surface area (Å²) in [5, 5.41) is 7.61. The number of hydrogen-bond acceptors (Lipinski definition) is 2. The summed E-state index contributed by atoms with van der Waals surface area (Å²) in [7, 11) is 0. The highest BCUT2D eigenvalue weighted by molar-refractivity contribution is 9.10. The first kappa shape index (κ1) is 16.1. The van der Waals surface area contributed by atoms with E-state index in [1.165, 1.54) is 12.1 Å². The lowest BCUT2D eigenvalue weighted by Gasteiger charge is -2.21. The van der Waals surface area contributed by atoms with Crippen molar-refractivity contribution in [3.05, 3.63) is 51.8 Å². The number of aryl methyl sites for hydroxylation is 1. The summed E-state index contributed by atoms with van der Waals surface area (Å²) in [6, 6.07) is 3.28. The Labute approximate surface area is 131 Å². The first-order valence-electron chi connectivity index (χ1n) is 6.97. The van der Waals surface area contributed by atoms with Gasteiger partial charge in [-0.3, -0.25) is 4.68 Å². The zero-order valence-corrected chi connectivity index (χ0v) is 13.6. The molecule has 21 heavy (non-hydrogen) atoms. The van der Waals surface area contributed by atoms with Crippen LogP contribution < -0.4 is 5.32 Å². The maximum absolute atomic E-state index is 13.5. The zero-order chi connectivity index (χ0) is 15.4. The molecule has 0 saturated carbocycles. The molecule has 3 nitrogen and oxygen atoms in total. The molecule has 114 valence electrons. The van der Waals surface area contributed by atoms with Crippen LogP contribution >= 0.6 is 15.9 Å². The Morgan fingerprint density at radius 3 is 2.48 bits per heavy atom. The fraction of sp³-hybridized carbons (Fsp3) is 0.400. The SMILES string of the molecule is CCCNC(c1cc(F)cc(F)c1)c1c(Br)cnn1CC. The van der Waals surface area contributed by atoms with Crippen LogP contribution in [-0.4, -0.2) is 16.3 Å². The molecule has 0 aliphatic heterocycles. The highest BCUT2D eigenvalue weighted by Crippen LogP contribution is 2.29. The van der Waals surface area contributed by atoms with Crippen LogP contribution in [0.15, 0.2) is 28.9 Å². The Kier molecular flexibility index (Phi) is 5.47. The molecule has 0 aliphatic rings. The Morgan fingerprint density at radius 2 is 1.90 bits per heavy atom. The molecule has 0 fully saturated rings. The van der Waals surface area contributed by atoms with Crippen LogP contribution in [0.2, 0.25) is 0 Å². The van der Waals surface area contributed by atoms with Gasteiger partial charge >= 0.3 is 0 Å². The van der Waals surface area contributed by atoms with Crippen LogP contribution in [0.1, 0.15) is 37.6 Å². The molecule has 1 heterocycles. The van der Waals surface area contributed by atoms with Crippen LogP contribution in [0.3, 0.4) is 0 Å². The van der Waals surface area contributed by atoms with Gasteiger partial charge in [-0.2, -0.15) is 5.10 Å². The largest absolute Gasteiger partial charge is 0.305 e. The van der Waals surface area contributed by atoms with Crippen molar-refractivity contribution in [2.75, 3.05) is 6.54 Å². The van der Waals surface area contributed by atoms with Gasteiger partial charge in [0.25, 0.3) is 0 Å². The lowest BCUT2D eigenvalue weighted by Crippen LogP contribution is -2.26. The lowest BCUT2D eigenvalue weighted by atomic mass is 10.0. The average Bonchev–Trinajstić information content (AvgIpc) is 2.80. The maximum Gasteiger partial charge on any atom is 0.126 e. The molecule has 2 aromatic rings.